The summed E-state index contributed by atoms with van der Waals surface area (Å²) in [5.74, 6) is 1.91. The number of guanidine groups is 1. The summed E-state index contributed by atoms with van der Waals surface area (Å²) in [6, 6.07) is 8.58. The van der Waals surface area contributed by atoms with Crippen LogP contribution in [0.15, 0.2) is 34.3 Å². The van der Waals surface area contributed by atoms with Gasteiger partial charge in [0.05, 0.1) is 51.9 Å². The monoisotopic (exact) mass is 742 g/mol. The Labute approximate surface area is 315 Å². The SMILES string of the molecule is C[N+]1=C2N(CCN2Cc2cc(C(C)(C)C)cc(C=NC3CCCCC3N=Cc3cc(C(C)(C)C)cc(C(C)(C)C)c3O)c2O)CC1.O=C(O)O.[Cr]. The smallest absolute Gasteiger partial charge is 0.503 e. The largest absolute Gasteiger partial charge is 0.507 e. The Hall–Kier alpha value is -3.55. The first-order chi connectivity index (χ1) is 23.2. The average molecular weight is 743 g/mol. The van der Waals surface area contributed by atoms with Crippen LogP contribution in [-0.2, 0) is 40.2 Å². The van der Waals surface area contributed by atoms with Crippen LogP contribution < -0.4 is 0 Å². The number of likely N-dealkylation sites (N-methyl/N-ethyl adjacent to an activating group) is 1. The number of phenols is 2. The molecule has 10 nitrogen and oxygen atoms in total. The number of benzene rings is 2. The third-order valence-corrected chi connectivity index (χ3v) is 10.0. The van der Waals surface area contributed by atoms with E-state index in [9.17, 15) is 10.2 Å². The molecule has 1 aliphatic carbocycles. The first kappa shape index (κ1) is 41.9. The van der Waals surface area contributed by atoms with E-state index in [4.69, 9.17) is 25.0 Å². The Morgan fingerprint density at radius 1 is 0.784 bits per heavy atom. The summed E-state index contributed by atoms with van der Waals surface area (Å²) in [5, 5.41) is 36.9. The minimum absolute atomic E-state index is 0. The van der Waals surface area contributed by atoms with E-state index in [-0.39, 0.29) is 45.7 Å². The third kappa shape index (κ3) is 10.5. The number of hydrogen-bond donors (Lipinski definition) is 4. The van der Waals surface area contributed by atoms with Gasteiger partial charge in [0, 0.05) is 52.0 Å². The number of aromatic hydroxyl groups is 2. The molecule has 2 atom stereocenters. The molecule has 1 saturated heterocycles. The summed E-state index contributed by atoms with van der Waals surface area (Å²) in [6.07, 6.45) is 6.09. The zero-order valence-corrected chi connectivity index (χ0v) is 33.6. The molecule has 2 aromatic rings. The zero-order valence-electron chi connectivity index (χ0n) is 32.3. The Kier molecular flexibility index (Phi) is 13.5. The van der Waals surface area contributed by atoms with E-state index in [1.807, 2.05) is 12.4 Å². The molecule has 3 aliphatic rings. The van der Waals surface area contributed by atoms with Gasteiger partial charge in [0.2, 0.25) is 0 Å². The number of carboxylic acid groups (broad SMARTS) is 2. The van der Waals surface area contributed by atoms with Crippen LogP contribution in [0.1, 0.15) is 121 Å². The molecular formula is C40H60CrN5O5+. The molecule has 0 spiro atoms. The predicted octanol–water partition coefficient (Wildman–Crippen LogP) is 7.19. The van der Waals surface area contributed by atoms with Gasteiger partial charge in [0.25, 0.3) is 0 Å². The topological polar surface area (TPSA) is 132 Å². The number of hydrogen-bond acceptors (Lipinski definition) is 7. The van der Waals surface area contributed by atoms with Crippen molar-refractivity contribution in [3.63, 3.8) is 0 Å². The van der Waals surface area contributed by atoms with Crippen LogP contribution in [0.25, 0.3) is 0 Å². The number of fused-ring (bicyclic) bond motifs is 1. The summed E-state index contributed by atoms with van der Waals surface area (Å²) in [4.78, 5) is 23.6. The normalized spacial score (nSPS) is 19.7. The summed E-state index contributed by atoms with van der Waals surface area (Å²) in [6.45, 7) is 24.5. The first-order valence-electron chi connectivity index (χ1n) is 18.0. The van der Waals surface area contributed by atoms with Gasteiger partial charge >= 0.3 is 12.1 Å². The molecule has 1 saturated carbocycles. The molecular weight excluding hydrogens is 682 g/mol. The van der Waals surface area contributed by atoms with E-state index < -0.39 is 6.16 Å². The molecule has 2 aromatic carbocycles. The number of aliphatic imine (C=N–C) groups is 2. The average Bonchev–Trinajstić information content (AvgIpc) is 3.57. The first-order valence-corrected chi connectivity index (χ1v) is 18.0. The fourth-order valence-electron chi connectivity index (χ4n) is 6.98. The predicted molar refractivity (Wildman–Crippen MR) is 202 cm³/mol. The molecule has 11 heteroatoms. The molecule has 2 heterocycles. The zero-order chi connectivity index (χ0) is 37.2. The van der Waals surface area contributed by atoms with Crippen LogP contribution in [0.2, 0.25) is 0 Å². The second kappa shape index (κ2) is 16.4. The molecule has 5 rings (SSSR count). The summed E-state index contributed by atoms with van der Waals surface area (Å²) in [5.41, 5.74) is 5.55. The van der Waals surface area contributed by atoms with Crippen LogP contribution in [0.4, 0.5) is 4.79 Å². The molecule has 2 fully saturated rings. The molecule has 0 amide bonds. The third-order valence-electron chi connectivity index (χ3n) is 10.0. The van der Waals surface area contributed by atoms with Gasteiger partial charge in [-0.3, -0.25) is 24.4 Å². The van der Waals surface area contributed by atoms with Crippen LogP contribution in [-0.4, -0.2) is 105 Å². The van der Waals surface area contributed by atoms with E-state index in [0.717, 1.165) is 74.1 Å². The van der Waals surface area contributed by atoms with Crippen LogP contribution in [0.5, 0.6) is 11.5 Å². The van der Waals surface area contributed by atoms with Crippen LogP contribution in [0.3, 0.4) is 0 Å². The molecule has 2 unspecified atom stereocenters. The summed E-state index contributed by atoms with van der Waals surface area (Å²) < 4.78 is 2.33. The molecule has 280 valence electrons. The number of phenolic OH excluding ortho intramolecular Hbond substituents is 2. The van der Waals surface area contributed by atoms with E-state index in [2.05, 4.69) is 108 Å². The molecule has 51 heavy (non-hydrogen) atoms. The molecule has 0 aromatic heterocycles. The van der Waals surface area contributed by atoms with Crippen molar-refractivity contribution in [3.05, 3.63) is 57.6 Å². The van der Waals surface area contributed by atoms with Gasteiger partial charge in [0.15, 0.2) is 0 Å². The van der Waals surface area contributed by atoms with Gasteiger partial charge in [-0.15, -0.1) is 0 Å². The number of nitrogens with zero attached hydrogens (tertiary/aromatic N) is 5. The van der Waals surface area contributed by atoms with Gasteiger partial charge in [-0.05, 0) is 58.4 Å². The van der Waals surface area contributed by atoms with Crippen LogP contribution >= 0.6 is 0 Å². The summed E-state index contributed by atoms with van der Waals surface area (Å²) in [7, 11) is 2.16. The van der Waals surface area contributed by atoms with Gasteiger partial charge < -0.3 is 20.4 Å². The van der Waals surface area contributed by atoms with Crippen molar-refractivity contribution in [2.45, 2.75) is 123 Å². The maximum Gasteiger partial charge on any atom is 0.503 e. The Balaban J connectivity index is 0.00000133. The second-order valence-electron chi connectivity index (χ2n) is 17.2. The van der Waals surface area contributed by atoms with Gasteiger partial charge in [-0.1, -0.05) is 81.2 Å². The van der Waals surface area contributed by atoms with Crippen molar-refractivity contribution in [3.8, 4) is 11.5 Å². The van der Waals surface area contributed by atoms with Gasteiger partial charge in [0.1, 0.15) is 11.5 Å². The van der Waals surface area contributed by atoms with Gasteiger partial charge in [-0.2, -0.15) is 0 Å². The number of carbonyl (C=O) groups is 1. The van der Waals surface area contributed by atoms with Crippen molar-refractivity contribution in [1.82, 2.24) is 9.80 Å². The fraction of sp³-hybridized carbons (Fsp3) is 0.600. The summed E-state index contributed by atoms with van der Waals surface area (Å²) >= 11 is 0. The Morgan fingerprint density at radius 3 is 1.76 bits per heavy atom. The molecule has 0 radical (unpaired) electrons. The Bertz CT molecular complexity index is 1640. The van der Waals surface area contributed by atoms with Gasteiger partial charge in [-0.25, -0.2) is 4.79 Å². The van der Waals surface area contributed by atoms with Crippen LogP contribution in [0, 0.1) is 0 Å². The van der Waals surface area contributed by atoms with Crippen molar-refractivity contribution in [2.75, 3.05) is 33.2 Å². The molecule has 4 N–H and O–H groups in total. The van der Waals surface area contributed by atoms with E-state index in [1.54, 1.807) is 0 Å². The van der Waals surface area contributed by atoms with E-state index in [1.165, 1.54) is 17.1 Å². The molecule has 2 aliphatic heterocycles. The minimum Gasteiger partial charge on any atom is -0.507 e. The molecule has 0 bridgehead atoms. The van der Waals surface area contributed by atoms with Crippen molar-refractivity contribution >= 4 is 24.5 Å². The fourth-order valence-corrected chi connectivity index (χ4v) is 6.98. The minimum atomic E-state index is -1.83. The number of rotatable bonds is 6. The standard InChI is InChI=1S/C39H57N5O2.CH2O3.Cr/c1-37(2,3)29-19-26(34(45)28(21-29)25-44-18-17-43-16-15-42(10)36(43)44)23-40-32-13-11-12-14-33(32)41-24-27-20-30(38(4,5)6)22-31(35(27)46)39(7,8)9;2-1(3)4;/h19-24,32-33H,11-18,25H2,1-10H3,(H-,40,41,45,46);(H2,2,3,4);/p+1. The Morgan fingerprint density at radius 2 is 1.27 bits per heavy atom. The van der Waals surface area contributed by atoms with Crippen molar-refractivity contribution < 1.29 is 47.2 Å². The van der Waals surface area contributed by atoms with E-state index >= 15 is 0 Å². The van der Waals surface area contributed by atoms with Crippen molar-refractivity contribution in [1.29, 1.82) is 0 Å². The quantitative estimate of drug-likeness (QED) is 0.182. The second-order valence-corrected chi connectivity index (χ2v) is 17.2. The maximum absolute atomic E-state index is 11.6. The van der Waals surface area contributed by atoms with Crippen molar-refractivity contribution in [2.24, 2.45) is 9.98 Å². The van der Waals surface area contributed by atoms with E-state index in [0.29, 0.717) is 18.0 Å². The maximum atomic E-state index is 11.6.